The summed E-state index contributed by atoms with van der Waals surface area (Å²) in [6.45, 7) is 0.866. The number of aliphatic carboxylic acids is 1. The lowest BCUT2D eigenvalue weighted by atomic mass is 10.1. The van der Waals surface area contributed by atoms with Crippen molar-refractivity contribution in [1.82, 2.24) is 5.32 Å². The fourth-order valence-corrected chi connectivity index (χ4v) is 1.63. The molecule has 22 heavy (non-hydrogen) atoms. The van der Waals surface area contributed by atoms with E-state index in [2.05, 4.69) is 17.9 Å². The third-order valence-corrected chi connectivity index (χ3v) is 3.16. The zero-order valence-electron chi connectivity index (χ0n) is 13.2. The molecule has 0 aliphatic heterocycles. The number of thiol groups is 1. The van der Waals surface area contributed by atoms with Crippen LogP contribution in [0.5, 0.6) is 0 Å². The number of ether oxygens (including phenoxy) is 1. The van der Waals surface area contributed by atoms with Crippen LogP contribution in [0.15, 0.2) is 0 Å². The number of hydrogen-bond acceptors (Lipinski definition) is 6. The Morgan fingerprint density at radius 3 is 2.36 bits per heavy atom. The maximum Gasteiger partial charge on any atom is 0.329 e. The lowest BCUT2D eigenvalue weighted by molar-refractivity contribution is -0.870. The highest BCUT2D eigenvalue weighted by molar-refractivity contribution is 7.80. The van der Waals surface area contributed by atoms with Gasteiger partial charge in [0.1, 0.15) is 19.2 Å². The van der Waals surface area contributed by atoms with E-state index in [4.69, 9.17) is 15.6 Å². The number of carboxylic acids is 1. The zero-order chi connectivity index (χ0) is 17.3. The molecular formula is C13H26N3O5S+. The van der Waals surface area contributed by atoms with Crippen molar-refractivity contribution in [2.24, 2.45) is 5.73 Å². The van der Waals surface area contributed by atoms with E-state index in [0.717, 1.165) is 0 Å². The summed E-state index contributed by atoms with van der Waals surface area (Å²) in [6.07, 6.45) is -0.217. The number of carbonyl (C=O) groups excluding carboxylic acids is 2. The number of carboxylic acid groups (broad SMARTS) is 1. The van der Waals surface area contributed by atoms with Gasteiger partial charge < -0.3 is 25.4 Å². The molecule has 0 bridgehead atoms. The molecule has 0 fully saturated rings. The number of amides is 1. The quantitative estimate of drug-likeness (QED) is 0.227. The topological polar surface area (TPSA) is 119 Å². The van der Waals surface area contributed by atoms with E-state index in [1.165, 1.54) is 0 Å². The van der Waals surface area contributed by atoms with Crippen LogP contribution in [-0.4, -0.2) is 79.6 Å². The first kappa shape index (κ1) is 20.7. The Kier molecular flexibility index (Phi) is 9.07. The minimum absolute atomic E-state index is 0.00297. The van der Waals surface area contributed by atoms with Gasteiger partial charge in [0.05, 0.1) is 27.2 Å². The Morgan fingerprint density at radius 1 is 1.32 bits per heavy atom. The second-order valence-corrected chi connectivity index (χ2v) is 6.33. The highest BCUT2D eigenvalue weighted by Gasteiger charge is 2.24. The first-order chi connectivity index (χ1) is 10.1. The van der Waals surface area contributed by atoms with Crippen molar-refractivity contribution in [1.29, 1.82) is 0 Å². The molecule has 4 N–H and O–H groups in total. The summed E-state index contributed by atoms with van der Waals surface area (Å²) in [5, 5.41) is 11.0. The molecule has 0 aliphatic carbocycles. The molecular weight excluding hydrogens is 310 g/mol. The van der Waals surface area contributed by atoms with Crippen molar-refractivity contribution in [2.75, 3.05) is 40.0 Å². The van der Waals surface area contributed by atoms with Gasteiger partial charge in [0.15, 0.2) is 0 Å². The van der Waals surface area contributed by atoms with Gasteiger partial charge in [0, 0.05) is 12.2 Å². The van der Waals surface area contributed by atoms with Crippen molar-refractivity contribution in [3.8, 4) is 0 Å². The van der Waals surface area contributed by atoms with E-state index in [1.807, 2.05) is 21.1 Å². The van der Waals surface area contributed by atoms with Crippen LogP contribution < -0.4 is 11.1 Å². The molecule has 0 aromatic rings. The summed E-state index contributed by atoms with van der Waals surface area (Å²) in [5.41, 5.74) is 5.57. The molecule has 0 saturated heterocycles. The fourth-order valence-electron chi connectivity index (χ4n) is 1.39. The smallest absolute Gasteiger partial charge is 0.329 e. The van der Waals surface area contributed by atoms with E-state index in [1.54, 1.807) is 0 Å². The van der Waals surface area contributed by atoms with Crippen LogP contribution in [0.2, 0.25) is 0 Å². The summed E-state index contributed by atoms with van der Waals surface area (Å²) in [4.78, 5) is 34.1. The average molecular weight is 336 g/mol. The predicted octanol–water partition coefficient (Wildman–Crippen LogP) is -1.16. The average Bonchev–Trinajstić information content (AvgIpc) is 2.39. The minimum Gasteiger partial charge on any atom is -0.481 e. The molecule has 128 valence electrons. The highest BCUT2D eigenvalue weighted by atomic mass is 32.1. The van der Waals surface area contributed by atoms with Crippen LogP contribution in [0.25, 0.3) is 0 Å². The highest BCUT2D eigenvalue weighted by Crippen LogP contribution is 1.99. The van der Waals surface area contributed by atoms with Crippen LogP contribution in [0.4, 0.5) is 0 Å². The number of carbonyl (C=O) groups is 3. The number of hydrogen-bond donors (Lipinski definition) is 4. The van der Waals surface area contributed by atoms with Gasteiger partial charge in [-0.1, -0.05) is 0 Å². The first-order valence-electron chi connectivity index (χ1n) is 6.92. The SMILES string of the molecule is C[N+](C)(C)CCOC(=O)[C@@H](CS)NC(=O)[C@H](N)CCC(=O)O. The third kappa shape index (κ3) is 9.59. The van der Waals surface area contributed by atoms with Gasteiger partial charge in [-0.2, -0.15) is 12.6 Å². The summed E-state index contributed by atoms with van der Waals surface area (Å²) < 4.78 is 5.74. The Balaban J connectivity index is 4.30. The lowest BCUT2D eigenvalue weighted by Crippen LogP contribution is -2.50. The molecule has 0 aliphatic rings. The number of nitrogens with two attached hydrogens (primary N) is 1. The Labute approximate surface area is 136 Å². The van der Waals surface area contributed by atoms with Gasteiger partial charge in [-0.05, 0) is 6.42 Å². The summed E-state index contributed by atoms with van der Waals surface area (Å²) in [7, 11) is 5.90. The van der Waals surface area contributed by atoms with Gasteiger partial charge >= 0.3 is 11.9 Å². The Hall–Kier alpha value is -1.32. The number of likely N-dealkylation sites (N-methyl/N-ethyl adjacent to an activating group) is 1. The van der Waals surface area contributed by atoms with Crippen molar-refractivity contribution in [2.45, 2.75) is 24.9 Å². The first-order valence-corrected chi connectivity index (χ1v) is 7.55. The second kappa shape index (κ2) is 9.65. The van der Waals surface area contributed by atoms with Crippen LogP contribution in [0, 0.1) is 0 Å². The van der Waals surface area contributed by atoms with Crippen LogP contribution >= 0.6 is 12.6 Å². The summed E-state index contributed by atoms with van der Waals surface area (Å²) in [5.74, 6) is -2.14. The molecule has 0 rings (SSSR count). The number of quaternary nitrogens is 1. The molecule has 0 unspecified atom stereocenters. The molecule has 0 heterocycles. The predicted molar refractivity (Wildman–Crippen MR) is 84.5 cm³/mol. The molecule has 0 aromatic heterocycles. The van der Waals surface area contributed by atoms with Gasteiger partial charge in [0.2, 0.25) is 5.91 Å². The Bertz CT molecular complexity index is 398. The van der Waals surface area contributed by atoms with Crippen molar-refractivity contribution < 1.29 is 28.7 Å². The number of esters is 1. The molecule has 9 heteroatoms. The lowest BCUT2D eigenvalue weighted by Gasteiger charge is -2.24. The maximum atomic E-state index is 11.9. The third-order valence-electron chi connectivity index (χ3n) is 2.80. The van der Waals surface area contributed by atoms with Crippen molar-refractivity contribution >= 4 is 30.5 Å². The molecule has 1 amide bonds. The van der Waals surface area contributed by atoms with Gasteiger partial charge in [-0.3, -0.25) is 9.59 Å². The zero-order valence-corrected chi connectivity index (χ0v) is 14.1. The van der Waals surface area contributed by atoms with Crippen LogP contribution in [0.3, 0.4) is 0 Å². The van der Waals surface area contributed by atoms with Crippen molar-refractivity contribution in [3.05, 3.63) is 0 Å². The normalized spacial score (nSPS) is 14.0. The van der Waals surface area contributed by atoms with Gasteiger partial charge in [0.25, 0.3) is 0 Å². The molecule has 0 spiro atoms. The number of nitrogens with zero attached hydrogens (tertiary/aromatic N) is 1. The second-order valence-electron chi connectivity index (χ2n) is 5.96. The number of rotatable bonds is 10. The van der Waals surface area contributed by atoms with E-state index in [9.17, 15) is 14.4 Å². The Morgan fingerprint density at radius 2 is 1.91 bits per heavy atom. The minimum atomic E-state index is -1.03. The van der Waals surface area contributed by atoms with Gasteiger partial charge in [-0.15, -0.1) is 0 Å². The van der Waals surface area contributed by atoms with Crippen LogP contribution in [0.1, 0.15) is 12.8 Å². The number of nitrogens with one attached hydrogen (secondary N) is 1. The van der Waals surface area contributed by atoms with Crippen LogP contribution in [-0.2, 0) is 19.1 Å². The van der Waals surface area contributed by atoms with E-state index in [0.29, 0.717) is 11.0 Å². The van der Waals surface area contributed by atoms with Crippen molar-refractivity contribution in [3.63, 3.8) is 0 Å². The summed E-state index contributed by atoms with van der Waals surface area (Å²) >= 11 is 4.01. The molecule has 0 aromatic carbocycles. The monoisotopic (exact) mass is 336 g/mol. The van der Waals surface area contributed by atoms with Gasteiger partial charge in [-0.25, -0.2) is 4.79 Å². The van der Waals surface area contributed by atoms with E-state index < -0.39 is 29.9 Å². The standard InChI is InChI=1S/C13H25N3O5S/c1-16(2,3)6-7-21-13(20)10(8-22)15-12(19)9(14)4-5-11(17)18/h9-10H,4-8,14H2,1-3H3,(H2-,15,17,18,19,22)/p+1/t9-,10-/m1/s1. The molecule has 0 saturated carbocycles. The molecule has 2 atom stereocenters. The maximum absolute atomic E-state index is 11.9. The molecule has 8 nitrogen and oxygen atoms in total. The molecule has 0 radical (unpaired) electrons. The fraction of sp³-hybridized carbons (Fsp3) is 0.769. The van der Waals surface area contributed by atoms with E-state index in [-0.39, 0.29) is 25.2 Å². The summed E-state index contributed by atoms with van der Waals surface area (Å²) in [6, 6.07) is -1.89. The van der Waals surface area contributed by atoms with E-state index >= 15 is 0 Å². The largest absolute Gasteiger partial charge is 0.481 e.